The summed E-state index contributed by atoms with van der Waals surface area (Å²) in [5.41, 5.74) is 2.06. The zero-order valence-corrected chi connectivity index (χ0v) is 13.7. The summed E-state index contributed by atoms with van der Waals surface area (Å²) in [4.78, 5) is 12.3. The van der Waals surface area contributed by atoms with Crippen LogP contribution in [0, 0.1) is 9.39 Å². The highest BCUT2D eigenvalue weighted by Crippen LogP contribution is 2.19. The first-order chi connectivity index (χ1) is 10.1. The van der Waals surface area contributed by atoms with E-state index >= 15 is 0 Å². The number of rotatable bonds is 5. The van der Waals surface area contributed by atoms with E-state index in [-0.39, 0.29) is 11.7 Å². The standard InChI is InChI=1S/C16H15FINO2/c1-2-21-10-11-5-3-4-6-15(11)19-16(20)13-8-7-12(17)9-14(13)18/h3-9H,2,10H2,1H3,(H,19,20). The summed E-state index contributed by atoms with van der Waals surface area (Å²) in [7, 11) is 0. The van der Waals surface area contributed by atoms with Gasteiger partial charge in [-0.25, -0.2) is 4.39 Å². The van der Waals surface area contributed by atoms with Gasteiger partial charge in [-0.3, -0.25) is 4.79 Å². The molecule has 0 bridgehead atoms. The molecule has 5 heteroatoms. The summed E-state index contributed by atoms with van der Waals surface area (Å²) in [5, 5.41) is 2.85. The Balaban J connectivity index is 2.19. The zero-order chi connectivity index (χ0) is 15.2. The number of carbonyl (C=O) groups excluding carboxylic acids is 1. The predicted molar refractivity (Wildman–Crippen MR) is 88.8 cm³/mol. The molecule has 0 saturated heterocycles. The molecule has 0 aliphatic heterocycles. The van der Waals surface area contributed by atoms with Crippen LogP contribution in [-0.4, -0.2) is 12.5 Å². The van der Waals surface area contributed by atoms with E-state index in [1.165, 1.54) is 18.2 Å². The van der Waals surface area contributed by atoms with Crippen LogP contribution in [0.15, 0.2) is 42.5 Å². The molecule has 0 heterocycles. The lowest BCUT2D eigenvalue weighted by molar-refractivity contribution is 0.102. The average Bonchev–Trinajstić information content (AvgIpc) is 2.46. The summed E-state index contributed by atoms with van der Waals surface area (Å²) >= 11 is 1.95. The van der Waals surface area contributed by atoms with Gasteiger partial charge in [-0.1, -0.05) is 18.2 Å². The molecule has 0 aliphatic rings. The number of ether oxygens (including phenoxy) is 1. The molecule has 0 radical (unpaired) electrons. The number of hydrogen-bond acceptors (Lipinski definition) is 2. The van der Waals surface area contributed by atoms with Gasteiger partial charge in [0.1, 0.15) is 5.82 Å². The molecular formula is C16H15FINO2. The molecule has 0 spiro atoms. The van der Waals surface area contributed by atoms with Crippen LogP contribution in [0.5, 0.6) is 0 Å². The van der Waals surface area contributed by atoms with Gasteiger partial charge in [-0.15, -0.1) is 0 Å². The highest BCUT2D eigenvalue weighted by molar-refractivity contribution is 14.1. The quantitative estimate of drug-likeness (QED) is 0.765. The number of anilines is 1. The van der Waals surface area contributed by atoms with E-state index in [9.17, 15) is 9.18 Å². The van der Waals surface area contributed by atoms with E-state index in [0.717, 1.165) is 5.56 Å². The second-order valence-electron chi connectivity index (χ2n) is 4.37. The Labute approximate surface area is 136 Å². The van der Waals surface area contributed by atoms with Crippen LogP contribution in [0.3, 0.4) is 0 Å². The third-order valence-corrected chi connectivity index (χ3v) is 3.80. The third kappa shape index (κ3) is 4.25. The predicted octanol–water partition coefficient (Wildman–Crippen LogP) is 4.22. The van der Waals surface area contributed by atoms with Gasteiger partial charge < -0.3 is 10.1 Å². The van der Waals surface area contributed by atoms with Crippen molar-refractivity contribution in [2.24, 2.45) is 0 Å². The van der Waals surface area contributed by atoms with Crippen molar-refractivity contribution in [1.29, 1.82) is 0 Å². The molecule has 110 valence electrons. The first kappa shape index (κ1) is 15.9. The minimum absolute atomic E-state index is 0.261. The lowest BCUT2D eigenvalue weighted by atomic mass is 10.1. The van der Waals surface area contributed by atoms with Crippen molar-refractivity contribution in [1.82, 2.24) is 0 Å². The Bertz CT molecular complexity index is 646. The van der Waals surface area contributed by atoms with Gasteiger partial charge in [-0.2, -0.15) is 0 Å². The molecule has 0 aromatic heterocycles. The van der Waals surface area contributed by atoms with Crippen LogP contribution in [0.2, 0.25) is 0 Å². The van der Waals surface area contributed by atoms with E-state index in [1.54, 1.807) is 0 Å². The van der Waals surface area contributed by atoms with Gasteiger partial charge in [0.2, 0.25) is 0 Å². The molecule has 1 N–H and O–H groups in total. The molecule has 3 nitrogen and oxygen atoms in total. The van der Waals surface area contributed by atoms with Gasteiger partial charge in [0.05, 0.1) is 12.2 Å². The first-order valence-corrected chi connectivity index (χ1v) is 7.61. The van der Waals surface area contributed by atoms with Crippen molar-refractivity contribution in [2.75, 3.05) is 11.9 Å². The fraction of sp³-hybridized carbons (Fsp3) is 0.188. The van der Waals surface area contributed by atoms with Crippen LogP contribution in [0.1, 0.15) is 22.8 Å². The SMILES string of the molecule is CCOCc1ccccc1NC(=O)c1ccc(F)cc1I. The molecule has 2 aromatic rings. The van der Waals surface area contributed by atoms with Crippen LogP contribution in [0.25, 0.3) is 0 Å². The molecule has 21 heavy (non-hydrogen) atoms. The van der Waals surface area contributed by atoms with Gasteiger partial charge in [0.25, 0.3) is 5.91 Å². The Kier molecular flexibility index (Phi) is 5.69. The maximum absolute atomic E-state index is 13.1. The largest absolute Gasteiger partial charge is 0.377 e. The number of nitrogens with one attached hydrogen (secondary N) is 1. The van der Waals surface area contributed by atoms with E-state index in [2.05, 4.69) is 5.32 Å². The lowest BCUT2D eigenvalue weighted by Gasteiger charge is -2.12. The molecule has 0 saturated carbocycles. The number of para-hydroxylation sites is 1. The summed E-state index contributed by atoms with van der Waals surface area (Å²) in [6, 6.07) is 11.6. The van der Waals surface area contributed by atoms with Gasteiger partial charge >= 0.3 is 0 Å². The minimum Gasteiger partial charge on any atom is -0.377 e. The summed E-state index contributed by atoms with van der Waals surface area (Å²) in [5.74, 6) is -0.615. The minimum atomic E-state index is -0.354. The van der Waals surface area contributed by atoms with E-state index in [4.69, 9.17) is 4.74 Å². The Morgan fingerprint density at radius 3 is 2.76 bits per heavy atom. The van der Waals surface area contributed by atoms with Crippen LogP contribution in [-0.2, 0) is 11.3 Å². The second-order valence-corrected chi connectivity index (χ2v) is 5.53. The Morgan fingerprint density at radius 1 is 1.29 bits per heavy atom. The summed E-state index contributed by atoms with van der Waals surface area (Å²) < 4.78 is 19.0. The number of halogens is 2. The highest BCUT2D eigenvalue weighted by atomic mass is 127. The molecule has 2 rings (SSSR count). The van der Waals surface area contributed by atoms with Gasteiger partial charge in [0.15, 0.2) is 0 Å². The molecule has 0 aliphatic carbocycles. The van der Waals surface area contributed by atoms with Crippen molar-refractivity contribution in [3.63, 3.8) is 0 Å². The fourth-order valence-corrected chi connectivity index (χ4v) is 2.57. The zero-order valence-electron chi connectivity index (χ0n) is 11.5. The number of hydrogen-bond donors (Lipinski definition) is 1. The monoisotopic (exact) mass is 399 g/mol. The lowest BCUT2D eigenvalue weighted by Crippen LogP contribution is -2.15. The summed E-state index contributed by atoms with van der Waals surface area (Å²) in [6.07, 6.45) is 0. The Morgan fingerprint density at radius 2 is 2.05 bits per heavy atom. The number of amides is 1. The molecule has 1 amide bonds. The molecule has 2 aromatic carbocycles. The maximum atomic E-state index is 13.1. The molecule has 0 unspecified atom stereocenters. The topological polar surface area (TPSA) is 38.3 Å². The van der Waals surface area contributed by atoms with Crippen molar-refractivity contribution >= 4 is 34.2 Å². The smallest absolute Gasteiger partial charge is 0.256 e. The van der Waals surface area contributed by atoms with Crippen molar-refractivity contribution < 1.29 is 13.9 Å². The maximum Gasteiger partial charge on any atom is 0.256 e. The second kappa shape index (κ2) is 7.51. The van der Waals surface area contributed by atoms with Gasteiger partial charge in [-0.05, 0) is 53.8 Å². The molecular weight excluding hydrogens is 384 g/mol. The first-order valence-electron chi connectivity index (χ1n) is 6.54. The normalized spacial score (nSPS) is 10.4. The van der Waals surface area contributed by atoms with Crippen molar-refractivity contribution in [3.05, 3.63) is 63.0 Å². The third-order valence-electron chi connectivity index (χ3n) is 2.90. The number of benzene rings is 2. The average molecular weight is 399 g/mol. The summed E-state index contributed by atoms with van der Waals surface area (Å²) in [6.45, 7) is 2.97. The Hall–Kier alpha value is -1.47. The number of carbonyl (C=O) groups is 1. The van der Waals surface area contributed by atoms with Crippen molar-refractivity contribution in [2.45, 2.75) is 13.5 Å². The van der Waals surface area contributed by atoms with E-state index in [1.807, 2.05) is 53.8 Å². The molecule has 0 fully saturated rings. The van der Waals surface area contributed by atoms with Gasteiger partial charge in [0, 0.05) is 21.4 Å². The van der Waals surface area contributed by atoms with E-state index in [0.29, 0.717) is 28.0 Å². The van der Waals surface area contributed by atoms with E-state index < -0.39 is 0 Å². The fourth-order valence-electron chi connectivity index (χ4n) is 1.84. The molecule has 0 atom stereocenters. The van der Waals surface area contributed by atoms with Crippen LogP contribution >= 0.6 is 22.6 Å². The van der Waals surface area contributed by atoms with Crippen LogP contribution < -0.4 is 5.32 Å². The van der Waals surface area contributed by atoms with Crippen LogP contribution in [0.4, 0.5) is 10.1 Å². The highest BCUT2D eigenvalue weighted by Gasteiger charge is 2.12. The van der Waals surface area contributed by atoms with Crippen molar-refractivity contribution in [3.8, 4) is 0 Å².